The fourth-order valence-corrected chi connectivity index (χ4v) is 1.70. The second kappa shape index (κ2) is 4.62. The largest absolute Gasteiger partial charge is 0.383 e. The van der Waals surface area contributed by atoms with Crippen molar-refractivity contribution in [2.45, 2.75) is 33.2 Å². The third-order valence-electron chi connectivity index (χ3n) is 2.41. The molecule has 3 N–H and O–H groups in total. The van der Waals surface area contributed by atoms with Gasteiger partial charge < -0.3 is 11.1 Å². The van der Waals surface area contributed by atoms with Gasteiger partial charge in [-0.1, -0.05) is 26.8 Å². The Kier molecular flexibility index (Phi) is 3.69. The van der Waals surface area contributed by atoms with Crippen LogP contribution in [-0.2, 0) is 0 Å². The Balaban J connectivity index is 2.88. The number of nitrogens with zero attached hydrogens (tertiary/aromatic N) is 1. The first-order chi connectivity index (χ1) is 6.94. The fraction of sp³-hybridized carbons (Fsp3) is 0.583. The number of pyridine rings is 1. The maximum absolute atomic E-state index is 5.86. The first-order valence-electron chi connectivity index (χ1n) is 5.31. The van der Waals surface area contributed by atoms with Crippen molar-refractivity contribution in [2.75, 3.05) is 12.8 Å². The van der Waals surface area contributed by atoms with Gasteiger partial charge in [0, 0.05) is 17.8 Å². The summed E-state index contributed by atoms with van der Waals surface area (Å²) in [5, 5.41) is 3.30. The zero-order valence-electron chi connectivity index (χ0n) is 10.0. The van der Waals surface area contributed by atoms with Gasteiger partial charge in [-0.05, 0) is 24.9 Å². The predicted octanol–water partition coefficient (Wildman–Crippen LogP) is 2.36. The highest BCUT2D eigenvalue weighted by molar-refractivity contribution is 5.40. The molecule has 0 fully saturated rings. The van der Waals surface area contributed by atoms with Crippen molar-refractivity contribution in [2.24, 2.45) is 5.41 Å². The van der Waals surface area contributed by atoms with Gasteiger partial charge in [-0.25, -0.2) is 4.98 Å². The summed E-state index contributed by atoms with van der Waals surface area (Å²) in [6, 6.07) is 4.24. The molecule has 15 heavy (non-hydrogen) atoms. The van der Waals surface area contributed by atoms with Crippen molar-refractivity contribution in [3.05, 3.63) is 23.9 Å². The number of anilines is 1. The molecule has 0 radical (unpaired) electrons. The Bertz CT molecular complexity index is 315. The number of hydrogen-bond donors (Lipinski definition) is 2. The first-order valence-corrected chi connectivity index (χ1v) is 5.31. The Morgan fingerprint density at radius 1 is 1.47 bits per heavy atom. The SMILES string of the molecule is CNC(CC(C)(C)C)c1cccnc1N. The molecule has 0 aliphatic heterocycles. The summed E-state index contributed by atoms with van der Waals surface area (Å²) in [7, 11) is 1.96. The van der Waals surface area contributed by atoms with Crippen molar-refractivity contribution >= 4 is 5.82 Å². The molecule has 3 nitrogen and oxygen atoms in total. The molecule has 0 saturated heterocycles. The molecule has 1 atom stereocenters. The molecule has 0 spiro atoms. The Morgan fingerprint density at radius 2 is 2.13 bits per heavy atom. The highest BCUT2D eigenvalue weighted by atomic mass is 14.9. The predicted molar refractivity (Wildman–Crippen MR) is 64.5 cm³/mol. The Hall–Kier alpha value is -1.09. The average Bonchev–Trinajstić information content (AvgIpc) is 2.14. The number of aromatic nitrogens is 1. The summed E-state index contributed by atoms with van der Waals surface area (Å²) in [5.74, 6) is 0.626. The molecule has 1 aromatic rings. The topological polar surface area (TPSA) is 50.9 Å². The summed E-state index contributed by atoms with van der Waals surface area (Å²) < 4.78 is 0. The number of nitrogens with two attached hydrogens (primary N) is 1. The maximum Gasteiger partial charge on any atom is 0.128 e. The van der Waals surface area contributed by atoms with E-state index < -0.39 is 0 Å². The van der Waals surface area contributed by atoms with Crippen LogP contribution in [0.2, 0.25) is 0 Å². The molecule has 0 bridgehead atoms. The van der Waals surface area contributed by atoms with Crippen LogP contribution in [0.4, 0.5) is 5.82 Å². The molecule has 3 heteroatoms. The Labute approximate surface area is 92.1 Å². The molecule has 0 aromatic carbocycles. The minimum Gasteiger partial charge on any atom is -0.383 e. The smallest absolute Gasteiger partial charge is 0.128 e. The quantitative estimate of drug-likeness (QED) is 0.800. The molecular formula is C12H21N3. The summed E-state index contributed by atoms with van der Waals surface area (Å²) in [6.07, 6.45) is 2.77. The first kappa shape index (κ1) is 12.0. The van der Waals surface area contributed by atoms with Crippen molar-refractivity contribution in [3.8, 4) is 0 Å². The van der Waals surface area contributed by atoms with Crippen LogP contribution in [0.5, 0.6) is 0 Å². The zero-order chi connectivity index (χ0) is 11.5. The fourth-order valence-electron chi connectivity index (χ4n) is 1.70. The number of nitrogens with one attached hydrogen (secondary N) is 1. The van der Waals surface area contributed by atoms with E-state index in [1.54, 1.807) is 6.20 Å². The van der Waals surface area contributed by atoms with E-state index in [9.17, 15) is 0 Å². The van der Waals surface area contributed by atoms with Gasteiger partial charge in [0.15, 0.2) is 0 Å². The molecule has 0 amide bonds. The minimum absolute atomic E-state index is 0.274. The standard InChI is InChI=1S/C12H21N3/c1-12(2,3)8-10(14-4)9-6-5-7-15-11(9)13/h5-7,10,14H,8H2,1-4H3,(H2,13,15). The number of rotatable bonds is 3. The molecule has 1 heterocycles. The van der Waals surface area contributed by atoms with Gasteiger partial charge in [0.05, 0.1) is 0 Å². The van der Waals surface area contributed by atoms with Crippen molar-refractivity contribution in [1.82, 2.24) is 10.3 Å². The summed E-state index contributed by atoms with van der Waals surface area (Å²) >= 11 is 0. The van der Waals surface area contributed by atoms with E-state index in [4.69, 9.17) is 5.73 Å². The van der Waals surface area contributed by atoms with E-state index in [1.807, 2.05) is 19.2 Å². The van der Waals surface area contributed by atoms with Crippen LogP contribution in [0, 0.1) is 5.41 Å². The van der Waals surface area contributed by atoms with Crippen LogP contribution in [-0.4, -0.2) is 12.0 Å². The van der Waals surface area contributed by atoms with Crippen molar-refractivity contribution in [3.63, 3.8) is 0 Å². The van der Waals surface area contributed by atoms with E-state index in [1.165, 1.54) is 0 Å². The maximum atomic E-state index is 5.86. The van der Waals surface area contributed by atoms with Gasteiger partial charge in [-0.15, -0.1) is 0 Å². The van der Waals surface area contributed by atoms with Crippen LogP contribution >= 0.6 is 0 Å². The van der Waals surface area contributed by atoms with Crippen LogP contribution < -0.4 is 11.1 Å². The minimum atomic E-state index is 0.274. The highest BCUT2D eigenvalue weighted by Crippen LogP contribution is 2.30. The van der Waals surface area contributed by atoms with Gasteiger partial charge in [0.25, 0.3) is 0 Å². The second-order valence-corrected chi connectivity index (χ2v) is 5.08. The van der Waals surface area contributed by atoms with Crippen LogP contribution in [0.3, 0.4) is 0 Å². The molecule has 1 rings (SSSR count). The summed E-state index contributed by atoms with van der Waals surface area (Å²) in [6.45, 7) is 6.68. The van der Waals surface area contributed by atoms with Crippen LogP contribution in [0.1, 0.15) is 38.8 Å². The monoisotopic (exact) mass is 207 g/mol. The zero-order valence-corrected chi connectivity index (χ0v) is 10.0. The van der Waals surface area contributed by atoms with Crippen molar-refractivity contribution in [1.29, 1.82) is 0 Å². The van der Waals surface area contributed by atoms with Gasteiger partial charge in [0.1, 0.15) is 5.82 Å². The van der Waals surface area contributed by atoms with E-state index in [0.29, 0.717) is 5.82 Å². The molecular weight excluding hydrogens is 186 g/mol. The molecule has 0 saturated carbocycles. The highest BCUT2D eigenvalue weighted by Gasteiger charge is 2.20. The van der Waals surface area contributed by atoms with E-state index >= 15 is 0 Å². The van der Waals surface area contributed by atoms with Gasteiger partial charge in [-0.2, -0.15) is 0 Å². The van der Waals surface area contributed by atoms with Gasteiger partial charge >= 0.3 is 0 Å². The van der Waals surface area contributed by atoms with Gasteiger partial charge in [-0.3, -0.25) is 0 Å². The molecule has 0 aliphatic rings. The third kappa shape index (κ3) is 3.51. The van der Waals surface area contributed by atoms with E-state index in [-0.39, 0.29) is 11.5 Å². The molecule has 84 valence electrons. The Morgan fingerprint density at radius 3 is 2.60 bits per heavy atom. The van der Waals surface area contributed by atoms with Crippen LogP contribution in [0.25, 0.3) is 0 Å². The van der Waals surface area contributed by atoms with E-state index in [0.717, 1.165) is 12.0 Å². The lowest BCUT2D eigenvalue weighted by Gasteiger charge is -2.26. The lowest BCUT2D eigenvalue weighted by molar-refractivity contribution is 0.321. The molecule has 1 aromatic heterocycles. The van der Waals surface area contributed by atoms with Crippen LogP contribution in [0.15, 0.2) is 18.3 Å². The second-order valence-electron chi connectivity index (χ2n) is 5.08. The third-order valence-corrected chi connectivity index (χ3v) is 2.41. The van der Waals surface area contributed by atoms with Crippen molar-refractivity contribution < 1.29 is 0 Å². The normalized spacial score (nSPS) is 13.9. The van der Waals surface area contributed by atoms with Gasteiger partial charge in [0.2, 0.25) is 0 Å². The number of nitrogen functional groups attached to an aromatic ring is 1. The molecule has 1 unspecified atom stereocenters. The summed E-state index contributed by atoms with van der Waals surface area (Å²) in [4.78, 5) is 4.12. The molecule has 0 aliphatic carbocycles. The average molecular weight is 207 g/mol. The number of hydrogen-bond acceptors (Lipinski definition) is 3. The van der Waals surface area contributed by atoms with E-state index in [2.05, 4.69) is 31.1 Å². The lowest BCUT2D eigenvalue weighted by atomic mass is 9.85. The summed E-state index contributed by atoms with van der Waals surface area (Å²) in [5.41, 5.74) is 7.23. The lowest BCUT2D eigenvalue weighted by Crippen LogP contribution is -2.23.